The predicted molar refractivity (Wildman–Crippen MR) is 129 cm³/mol. The molecule has 1 aliphatic heterocycles. The molecule has 3 aromatic carbocycles. The number of rotatable bonds is 5. The highest BCUT2D eigenvalue weighted by Gasteiger charge is 2.40. The summed E-state index contributed by atoms with van der Waals surface area (Å²) < 4.78 is 0. The number of imide groups is 1. The Hall–Kier alpha value is -3.11. The molecule has 4 heteroatoms. The number of amides is 2. The first-order valence-electron chi connectivity index (χ1n) is 10.3. The van der Waals surface area contributed by atoms with Crippen LogP contribution in [0, 0.1) is 27.7 Å². The maximum atomic E-state index is 13.6. The van der Waals surface area contributed by atoms with E-state index in [2.05, 4.69) is 0 Å². The van der Waals surface area contributed by atoms with Crippen molar-refractivity contribution in [3.05, 3.63) is 105 Å². The number of aryl methyl sites for hydroxylation is 4. The van der Waals surface area contributed by atoms with Crippen molar-refractivity contribution in [3.8, 4) is 0 Å². The Kier molecular flexibility index (Phi) is 5.84. The maximum Gasteiger partial charge on any atom is 0.272 e. The van der Waals surface area contributed by atoms with Gasteiger partial charge in [-0.15, -0.1) is 11.8 Å². The molecule has 0 unspecified atom stereocenters. The fourth-order valence-corrected chi connectivity index (χ4v) is 4.69. The van der Waals surface area contributed by atoms with Crippen LogP contribution in [0.4, 0.5) is 5.69 Å². The molecule has 0 spiro atoms. The normalized spacial score (nSPS) is 14.0. The zero-order valence-corrected chi connectivity index (χ0v) is 19.0. The van der Waals surface area contributed by atoms with E-state index in [0.717, 1.165) is 33.4 Å². The molecule has 1 aliphatic rings. The molecule has 0 bridgehead atoms. The predicted octanol–water partition coefficient (Wildman–Crippen LogP) is 6.14. The van der Waals surface area contributed by atoms with Crippen LogP contribution < -0.4 is 4.90 Å². The van der Waals surface area contributed by atoms with Gasteiger partial charge in [0.1, 0.15) is 0 Å². The second-order valence-electron chi connectivity index (χ2n) is 7.99. The monoisotopic (exact) mass is 427 g/mol. The quantitative estimate of drug-likeness (QED) is 0.459. The third-order valence-electron chi connectivity index (χ3n) is 5.81. The molecule has 0 aromatic heterocycles. The highest BCUT2D eigenvalue weighted by molar-refractivity contribution is 8.03. The van der Waals surface area contributed by atoms with Gasteiger partial charge in [-0.05, 0) is 73.2 Å². The van der Waals surface area contributed by atoms with E-state index < -0.39 is 0 Å². The fourth-order valence-electron chi connectivity index (χ4n) is 3.62. The van der Waals surface area contributed by atoms with Gasteiger partial charge in [0.05, 0.1) is 16.2 Å². The SMILES string of the molecule is Cc1ccc(C2=C(SCc3ccccc3)C(=O)N(c3ccc(C)c(C)c3)C2=O)cc1C. The van der Waals surface area contributed by atoms with E-state index in [4.69, 9.17) is 0 Å². The number of hydrogen-bond acceptors (Lipinski definition) is 3. The van der Waals surface area contributed by atoms with Gasteiger partial charge in [-0.1, -0.05) is 54.6 Å². The lowest BCUT2D eigenvalue weighted by Crippen LogP contribution is -2.31. The van der Waals surface area contributed by atoms with Crippen LogP contribution >= 0.6 is 11.8 Å². The third-order valence-corrected chi connectivity index (χ3v) is 6.96. The summed E-state index contributed by atoms with van der Waals surface area (Å²) in [7, 11) is 0. The van der Waals surface area contributed by atoms with Gasteiger partial charge in [-0.25, -0.2) is 4.90 Å². The summed E-state index contributed by atoms with van der Waals surface area (Å²) in [5.74, 6) is 0.124. The lowest BCUT2D eigenvalue weighted by atomic mass is 10.0. The van der Waals surface area contributed by atoms with Crippen LogP contribution in [0.2, 0.25) is 0 Å². The Morgan fingerprint density at radius 2 is 1.35 bits per heavy atom. The average molecular weight is 428 g/mol. The number of carbonyl (C=O) groups excluding carboxylic acids is 2. The first kappa shape index (κ1) is 21.1. The molecule has 0 N–H and O–H groups in total. The Morgan fingerprint density at radius 1 is 0.710 bits per heavy atom. The van der Waals surface area contributed by atoms with E-state index in [9.17, 15) is 9.59 Å². The first-order valence-corrected chi connectivity index (χ1v) is 11.3. The molecular formula is C27H25NO2S. The summed E-state index contributed by atoms with van der Waals surface area (Å²) >= 11 is 1.44. The summed E-state index contributed by atoms with van der Waals surface area (Å²) in [6, 6.07) is 21.7. The van der Waals surface area contributed by atoms with Crippen molar-refractivity contribution >= 4 is 34.8 Å². The van der Waals surface area contributed by atoms with Crippen LogP contribution in [0.15, 0.2) is 71.6 Å². The van der Waals surface area contributed by atoms with Gasteiger partial charge >= 0.3 is 0 Å². The van der Waals surface area contributed by atoms with Gasteiger partial charge < -0.3 is 0 Å². The number of carbonyl (C=O) groups is 2. The topological polar surface area (TPSA) is 37.4 Å². The molecule has 0 atom stereocenters. The van der Waals surface area contributed by atoms with Crippen molar-refractivity contribution in [2.24, 2.45) is 0 Å². The first-order chi connectivity index (χ1) is 14.9. The molecule has 0 fully saturated rings. The van der Waals surface area contributed by atoms with Gasteiger partial charge in [0.25, 0.3) is 11.8 Å². The van der Waals surface area contributed by atoms with Gasteiger partial charge in [0.2, 0.25) is 0 Å². The number of anilines is 1. The summed E-state index contributed by atoms with van der Waals surface area (Å²) in [6.45, 7) is 8.08. The van der Waals surface area contributed by atoms with Gasteiger partial charge in [-0.3, -0.25) is 9.59 Å². The highest BCUT2D eigenvalue weighted by Crippen LogP contribution is 2.40. The van der Waals surface area contributed by atoms with Crippen molar-refractivity contribution < 1.29 is 9.59 Å². The minimum absolute atomic E-state index is 0.248. The lowest BCUT2D eigenvalue weighted by Gasteiger charge is -2.16. The fraction of sp³-hybridized carbons (Fsp3) is 0.185. The Morgan fingerprint density at radius 3 is 2.00 bits per heavy atom. The second-order valence-corrected chi connectivity index (χ2v) is 8.98. The maximum absolute atomic E-state index is 13.6. The van der Waals surface area contributed by atoms with Crippen molar-refractivity contribution in [1.29, 1.82) is 0 Å². The number of thioether (sulfide) groups is 1. The van der Waals surface area contributed by atoms with Gasteiger partial charge in [0, 0.05) is 5.75 Å². The molecular weight excluding hydrogens is 402 g/mol. The molecule has 1 heterocycles. The molecule has 3 nitrogen and oxygen atoms in total. The molecule has 0 saturated carbocycles. The lowest BCUT2D eigenvalue weighted by molar-refractivity contribution is -0.119. The van der Waals surface area contributed by atoms with Gasteiger partial charge in [0.15, 0.2) is 0 Å². The van der Waals surface area contributed by atoms with Crippen LogP contribution in [0.1, 0.15) is 33.4 Å². The molecule has 0 radical (unpaired) electrons. The minimum Gasteiger partial charge on any atom is -0.268 e. The van der Waals surface area contributed by atoms with Crippen molar-refractivity contribution in [1.82, 2.24) is 0 Å². The largest absolute Gasteiger partial charge is 0.272 e. The summed E-state index contributed by atoms with van der Waals surface area (Å²) in [4.78, 5) is 28.9. The summed E-state index contributed by atoms with van der Waals surface area (Å²) in [6.07, 6.45) is 0. The van der Waals surface area contributed by atoms with Crippen LogP contribution in [0.25, 0.3) is 5.57 Å². The molecule has 156 valence electrons. The van der Waals surface area contributed by atoms with Crippen molar-refractivity contribution in [2.75, 3.05) is 4.90 Å². The van der Waals surface area contributed by atoms with Crippen LogP contribution in [0.3, 0.4) is 0 Å². The number of nitrogens with zero attached hydrogens (tertiary/aromatic N) is 1. The van der Waals surface area contributed by atoms with Gasteiger partial charge in [-0.2, -0.15) is 0 Å². The van der Waals surface area contributed by atoms with Crippen molar-refractivity contribution in [3.63, 3.8) is 0 Å². The average Bonchev–Trinajstić information content (AvgIpc) is 3.01. The van der Waals surface area contributed by atoms with E-state index in [0.29, 0.717) is 21.9 Å². The third kappa shape index (κ3) is 4.08. The number of benzene rings is 3. The van der Waals surface area contributed by atoms with Crippen LogP contribution in [-0.2, 0) is 15.3 Å². The zero-order valence-electron chi connectivity index (χ0n) is 18.2. The van der Waals surface area contributed by atoms with E-state index in [1.807, 2.05) is 94.4 Å². The molecule has 0 aliphatic carbocycles. The highest BCUT2D eigenvalue weighted by atomic mass is 32.2. The smallest absolute Gasteiger partial charge is 0.268 e. The standard InChI is InChI=1S/C27H25NO2S/c1-17-10-12-22(14-19(17)3)24-25(31-16-21-8-6-5-7-9-21)27(30)28(26(24)29)23-13-11-18(2)20(4)15-23/h5-15H,16H2,1-4H3. The van der Waals surface area contributed by atoms with E-state index in [-0.39, 0.29) is 11.8 Å². The second kappa shape index (κ2) is 8.56. The minimum atomic E-state index is -0.257. The zero-order chi connectivity index (χ0) is 22.1. The Balaban J connectivity index is 1.78. The Labute approximate surface area is 187 Å². The van der Waals surface area contributed by atoms with Crippen LogP contribution in [0.5, 0.6) is 0 Å². The summed E-state index contributed by atoms with van der Waals surface area (Å²) in [5, 5.41) is 0. The van der Waals surface area contributed by atoms with E-state index in [1.165, 1.54) is 16.7 Å². The van der Waals surface area contributed by atoms with E-state index in [1.54, 1.807) is 0 Å². The van der Waals surface area contributed by atoms with E-state index >= 15 is 0 Å². The summed E-state index contributed by atoms with van der Waals surface area (Å²) in [5.41, 5.74) is 7.46. The molecule has 2 amide bonds. The molecule has 4 rings (SSSR count). The molecule has 3 aromatic rings. The number of hydrogen-bond donors (Lipinski definition) is 0. The Bertz CT molecular complexity index is 1210. The van der Waals surface area contributed by atoms with Crippen LogP contribution in [-0.4, -0.2) is 11.8 Å². The van der Waals surface area contributed by atoms with Crippen molar-refractivity contribution in [2.45, 2.75) is 33.4 Å². The molecule has 0 saturated heterocycles. The molecule has 31 heavy (non-hydrogen) atoms.